The van der Waals surface area contributed by atoms with Crippen molar-refractivity contribution < 1.29 is 18.4 Å². The Kier molecular flexibility index (Phi) is 9.85. The minimum atomic E-state index is -1.12. The van der Waals surface area contributed by atoms with Crippen LogP contribution in [0.2, 0.25) is 0 Å². The van der Waals surface area contributed by atoms with E-state index in [1.807, 2.05) is 4.90 Å². The Hall–Kier alpha value is -2.92. The van der Waals surface area contributed by atoms with Gasteiger partial charge in [0.25, 0.3) is 0 Å². The first-order valence-corrected chi connectivity index (χ1v) is 16.9. The number of aromatic nitrogens is 1. The number of alkyl halides is 1. The van der Waals surface area contributed by atoms with Gasteiger partial charge in [-0.2, -0.15) is 5.26 Å². The zero-order valence-electron chi connectivity index (χ0n) is 26.0. The summed E-state index contributed by atoms with van der Waals surface area (Å²) in [6.07, 6.45) is 10.8. The number of carbonyl (C=O) groups is 2. The number of likely N-dealkylation sites (tertiary alicyclic amines) is 1. The molecule has 0 radical (unpaired) electrons. The van der Waals surface area contributed by atoms with E-state index < -0.39 is 29.7 Å². The average Bonchev–Trinajstić information content (AvgIpc) is 3.30. The summed E-state index contributed by atoms with van der Waals surface area (Å²) in [5.74, 6) is -1.14. The van der Waals surface area contributed by atoms with Gasteiger partial charge in [0.2, 0.25) is 11.8 Å². The lowest BCUT2D eigenvalue weighted by atomic mass is 9.66. The Morgan fingerprint density at radius 1 is 1.02 bits per heavy atom. The lowest BCUT2D eigenvalue weighted by molar-refractivity contribution is -0.141. The summed E-state index contributed by atoms with van der Waals surface area (Å²) < 4.78 is 30.1. The van der Waals surface area contributed by atoms with Crippen molar-refractivity contribution in [1.82, 2.24) is 25.6 Å². The molecule has 5 fully saturated rings. The molecule has 13 heteroatoms. The molecule has 45 heavy (non-hydrogen) atoms. The number of nitrogens with zero attached hydrogens (tertiary/aromatic N) is 5. The van der Waals surface area contributed by atoms with Crippen LogP contribution in [0.5, 0.6) is 0 Å². The standard InChI is InChI=1S/C32H47F2N9O2/c33-24-15-38-30-32(29(36)40-43(30)20-24,23-8-6-4-2-1-3-5-7-9-23)31(45)39-26-17-37-16-25(34)27(26)41-12-10-22(11-13-41)28(44)42-18-21(14-35)19-42/h16-17,21-24,29-30,38,40H,1-13,15,18-20,36H2,(H,39,45). The Morgan fingerprint density at radius 2 is 1.69 bits per heavy atom. The van der Waals surface area contributed by atoms with Gasteiger partial charge in [0.05, 0.1) is 42.4 Å². The second-order valence-corrected chi connectivity index (χ2v) is 13.7. The molecule has 5 N–H and O–H groups in total. The number of pyridine rings is 1. The highest BCUT2D eigenvalue weighted by Crippen LogP contribution is 2.47. The molecule has 1 saturated carbocycles. The number of carbonyl (C=O) groups excluding carboxylic acids is 2. The molecular formula is C32H47F2N9O2. The summed E-state index contributed by atoms with van der Waals surface area (Å²) >= 11 is 0. The third-order valence-electron chi connectivity index (χ3n) is 10.8. The molecule has 5 aliphatic rings. The number of piperidine rings is 1. The lowest BCUT2D eigenvalue weighted by Crippen LogP contribution is -2.65. The third-order valence-corrected chi connectivity index (χ3v) is 10.8. The second kappa shape index (κ2) is 13.8. The molecule has 1 aromatic rings. The fraction of sp³-hybridized carbons (Fsp3) is 0.750. The Balaban J connectivity index is 1.24. The van der Waals surface area contributed by atoms with Gasteiger partial charge in [-0.05, 0) is 31.6 Å². The highest BCUT2D eigenvalue weighted by molar-refractivity contribution is 5.99. The topological polar surface area (TPSA) is 143 Å². The van der Waals surface area contributed by atoms with Crippen molar-refractivity contribution >= 4 is 23.2 Å². The van der Waals surface area contributed by atoms with E-state index in [0.717, 1.165) is 44.7 Å². The van der Waals surface area contributed by atoms with E-state index in [4.69, 9.17) is 11.0 Å². The summed E-state index contributed by atoms with van der Waals surface area (Å²) in [6.45, 7) is 2.10. The highest BCUT2D eigenvalue weighted by Gasteiger charge is 2.63. The zero-order valence-corrected chi connectivity index (χ0v) is 26.0. The van der Waals surface area contributed by atoms with Crippen LogP contribution in [-0.4, -0.2) is 84.5 Å². The normalized spacial score (nSPS) is 31.1. The number of hydrazine groups is 1. The van der Waals surface area contributed by atoms with E-state index in [9.17, 15) is 14.0 Å². The first-order chi connectivity index (χ1) is 21.8. The van der Waals surface area contributed by atoms with E-state index in [2.05, 4.69) is 27.1 Å². The Labute approximate surface area is 264 Å². The lowest BCUT2D eigenvalue weighted by Gasteiger charge is -2.45. The van der Waals surface area contributed by atoms with Crippen molar-refractivity contribution in [2.75, 3.05) is 49.5 Å². The first kappa shape index (κ1) is 32.0. The van der Waals surface area contributed by atoms with Gasteiger partial charge < -0.3 is 20.9 Å². The predicted octanol–water partition coefficient (Wildman–Crippen LogP) is 2.86. The van der Waals surface area contributed by atoms with Crippen LogP contribution in [0.25, 0.3) is 0 Å². The molecule has 11 nitrogen and oxygen atoms in total. The molecule has 0 spiro atoms. The number of nitrogens with one attached hydrogen (secondary N) is 3. The molecule has 5 heterocycles. The second-order valence-electron chi connectivity index (χ2n) is 13.7. The average molecular weight is 628 g/mol. The van der Waals surface area contributed by atoms with Crippen molar-refractivity contribution in [3.05, 3.63) is 18.2 Å². The molecule has 4 unspecified atom stereocenters. The van der Waals surface area contributed by atoms with Crippen LogP contribution in [0.3, 0.4) is 0 Å². The molecule has 246 valence electrons. The van der Waals surface area contributed by atoms with Gasteiger partial charge in [0.1, 0.15) is 17.3 Å². The van der Waals surface area contributed by atoms with Crippen LogP contribution >= 0.6 is 0 Å². The van der Waals surface area contributed by atoms with Gasteiger partial charge in [-0.25, -0.2) is 19.2 Å². The minimum Gasteiger partial charge on any atom is -0.367 e. The molecule has 2 amide bonds. The van der Waals surface area contributed by atoms with Crippen LogP contribution in [-0.2, 0) is 9.59 Å². The summed E-state index contributed by atoms with van der Waals surface area (Å²) in [7, 11) is 0. The van der Waals surface area contributed by atoms with Gasteiger partial charge in [0.15, 0.2) is 5.82 Å². The molecule has 4 atom stereocenters. The van der Waals surface area contributed by atoms with Crippen LogP contribution in [0.15, 0.2) is 12.4 Å². The minimum absolute atomic E-state index is 0.0558. The van der Waals surface area contributed by atoms with E-state index >= 15 is 4.39 Å². The maximum absolute atomic E-state index is 15.6. The van der Waals surface area contributed by atoms with E-state index in [1.165, 1.54) is 25.5 Å². The summed E-state index contributed by atoms with van der Waals surface area (Å²) in [4.78, 5) is 35.4. The number of nitriles is 1. The first-order valence-electron chi connectivity index (χ1n) is 16.9. The van der Waals surface area contributed by atoms with Crippen molar-refractivity contribution in [3.8, 4) is 6.07 Å². The zero-order chi connectivity index (χ0) is 31.6. The van der Waals surface area contributed by atoms with Gasteiger partial charge in [-0.1, -0.05) is 44.9 Å². The molecule has 0 aromatic carbocycles. The molecule has 1 aliphatic carbocycles. The molecule has 6 rings (SSSR count). The number of hydrogen-bond donors (Lipinski definition) is 4. The SMILES string of the molecule is N#CC1CN(C(=O)C2CCN(c3c(F)cncc3NC(=O)C3(C4CCCCCCCCC4)C(N)NN4CC(F)CNC43)CC2)C1. The summed E-state index contributed by atoms with van der Waals surface area (Å²) in [6, 6.07) is 2.20. The van der Waals surface area contributed by atoms with Crippen molar-refractivity contribution in [3.63, 3.8) is 0 Å². The van der Waals surface area contributed by atoms with Crippen molar-refractivity contribution in [2.24, 2.45) is 28.9 Å². The molecule has 4 saturated heterocycles. The van der Waals surface area contributed by atoms with Gasteiger partial charge >= 0.3 is 0 Å². The van der Waals surface area contributed by atoms with E-state index in [-0.39, 0.29) is 54.0 Å². The quantitative estimate of drug-likeness (QED) is 0.388. The number of fused-ring (bicyclic) bond motifs is 1. The Morgan fingerprint density at radius 3 is 2.36 bits per heavy atom. The monoisotopic (exact) mass is 627 g/mol. The largest absolute Gasteiger partial charge is 0.367 e. The van der Waals surface area contributed by atoms with E-state index in [0.29, 0.717) is 39.0 Å². The van der Waals surface area contributed by atoms with Crippen molar-refractivity contribution in [1.29, 1.82) is 5.26 Å². The maximum Gasteiger partial charge on any atom is 0.236 e. The number of nitrogens with two attached hydrogens (primary N) is 1. The van der Waals surface area contributed by atoms with Gasteiger partial charge in [-0.15, -0.1) is 0 Å². The number of rotatable bonds is 5. The number of halogens is 2. The summed E-state index contributed by atoms with van der Waals surface area (Å²) in [5.41, 5.74) is 9.48. The number of anilines is 2. The van der Waals surface area contributed by atoms with Gasteiger partial charge in [-0.3, -0.25) is 19.9 Å². The molecular weight excluding hydrogens is 580 g/mol. The smallest absolute Gasteiger partial charge is 0.236 e. The molecule has 4 aliphatic heterocycles. The number of hydrogen-bond acceptors (Lipinski definition) is 9. The van der Waals surface area contributed by atoms with Crippen LogP contribution in [0.4, 0.5) is 20.2 Å². The fourth-order valence-corrected chi connectivity index (χ4v) is 8.38. The summed E-state index contributed by atoms with van der Waals surface area (Å²) in [5, 5.41) is 17.2. The Bertz CT molecular complexity index is 1260. The van der Waals surface area contributed by atoms with Gasteiger partial charge in [0, 0.05) is 45.2 Å². The highest BCUT2D eigenvalue weighted by atomic mass is 19.1. The predicted molar refractivity (Wildman–Crippen MR) is 165 cm³/mol. The van der Waals surface area contributed by atoms with Crippen LogP contribution in [0.1, 0.15) is 70.6 Å². The van der Waals surface area contributed by atoms with Crippen molar-refractivity contribution in [2.45, 2.75) is 89.1 Å². The number of amides is 2. The van der Waals surface area contributed by atoms with Crippen LogP contribution in [0, 0.1) is 40.3 Å². The third kappa shape index (κ3) is 6.26. The maximum atomic E-state index is 15.6. The molecule has 0 bridgehead atoms. The fourth-order valence-electron chi connectivity index (χ4n) is 8.38. The van der Waals surface area contributed by atoms with Crippen LogP contribution < -0.4 is 26.7 Å². The molecule has 1 aromatic heterocycles. The van der Waals surface area contributed by atoms with E-state index in [1.54, 1.807) is 9.91 Å².